The number of carbonyl (C=O) groups excluding carboxylic acids is 2. The highest BCUT2D eigenvalue weighted by molar-refractivity contribution is 5.95. The average molecular weight is 327 g/mol. The van der Waals surface area contributed by atoms with Gasteiger partial charge in [-0.1, -0.05) is 49.4 Å². The number of aryl methyl sites for hydroxylation is 1. The van der Waals surface area contributed by atoms with E-state index in [1.165, 1.54) is 6.07 Å². The second kappa shape index (κ2) is 8.15. The van der Waals surface area contributed by atoms with Crippen LogP contribution in [0.1, 0.15) is 34.8 Å². The van der Waals surface area contributed by atoms with E-state index in [9.17, 15) is 14.7 Å². The van der Waals surface area contributed by atoms with Gasteiger partial charge in [-0.15, -0.1) is 0 Å². The highest BCUT2D eigenvalue weighted by Crippen LogP contribution is 2.22. The minimum atomic E-state index is -0.902. The predicted molar refractivity (Wildman–Crippen MR) is 90.6 cm³/mol. The Hall–Kier alpha value is -2.82. The van der Waals surface area contributed by atoms with Crippen molar-refractivity contribution >= 4 is 11.9 Å². The van der Waals surface area contributed by atoms with Crippen LogP contribution in [0.3, 0.4) is 0 Å². The van der Waals surface area contributed by atoms with Gasteiger partial charge < -0.3 is 15.2 Å². The quantitative estimate of drug-likeness (QED) is 0.800. The lowest BCUT2D eigenvalue weighted by atomic mass is 10.1. The summed E-state index contributed by atoms with van der Waals surface area (Å²) in [5, 5.41) is 12.7. The number of para-hydroxylation sites is 1. The van der Waals surface area contributed by atoms with Crippen LogP contribution in [0.2, 0.25) is 0 Å². The van der Waals surface area contributed by atoms with Crippen molar-refractivity contribution in [2.75, 3.05) is 0 Å². The van der Waals surface area contributed by atoms with Gasteiger partial charge in [-0.25, -0.2) is 4.79 Å². The zero-order valence-electron chi connectivity index (χ0n) is 13.8. The Balaban J connectivity index is 1.99. The standard InChI is InChI=1S/C19H21NO4/c1-3-16(18(22)20-12-14-9-5-4-6-10-14)24-19(23)15-11-7-8-13(2)17(15)21/h4-11,16,21H,3,12H2,1-2H3,(H,20,22). The fraction of sp³-hybridized carbons (Fsp3) is 0.263. The summed E-state index contributed by atoms with van der Waals surface area (Å²) in [6.45, 7) is 3.82. The molecule has 126 valence electrons. The molecule has 1 unspecified atom stereocenters. The Morgan fingerprint density at radius 2 is 1.83 bits per heavy atom. The minimum absolute atomic E-state index is 0.0595. The summed E-state index contributed by atoms with van der Waals surface area (Å²) in [5.41, 5.74) is 1.60. The maximum absolute atomic E-state index is 12.2. The molecule has 1 atom stereocenters. The maximum Gasteiger partial charge on any atom is 0.342 e. The number of esters is 1. The molecule has 0 aliphatic carbocycles. The highest BCUT2D eigenvalue weighted by atomic mass is 16.5. The Bertz CT molecular complexity index is 713. The summed E-state index contributed by atoms with van der Waals surface area (Å²) < 4.78 is 5.26. The van der Waals surface area contributed by atoms with E-state index in [0.29, 0.717) is 18.5 Å². The van der Waals surface area contributed by atoms with E-state index in [4.69, 9.17) is 4.74 Å². The molecule has 0 aliphatic heterocycles. The van der Waals surface area contributed by atoms with E-state index < -0.39 is 12.1 Å². The monoisotopic (exact) mass is 327 g/mol. The lowest BCUT2D eigenvalue weighted by Crippen LogP contribution is -2.37. The van der Waals surface area contributed by atoms with E-state index >= 15 is 0 Å². The van der Waals surface area contributed by atoms with Crippen molar-refractivity contribution in [2.24, 2.45) is 0 Å². The number of rotatable bonds is 6. The number of hydrogen-bond acceptors (Lipinski definition) is 4. The van der Waals surface area contributed by atoms with Gasteiger partial charge in [-0.05, 0) is 30.5 Å². The van der Waals surface area contributed by atoms with Crippen molar-refractivity contribution in [3.63, 3.8) is 0 Å². The number of benzene rings is 2. The zero-order valence-corrected chi connectivity index (χ0v) is 13.8. The first-order chi connectivity index (χ1) is 11.5. The molecule has 0 aromatic heterocycles. The molecule has 1 amide bonds. The smallest absolute Gasteiger partial charge is 0.342 e. The number of ether oxygens (including phenoxy) is 1. The van der Waals surface area contributed by atoms with E-state index in [0.717, 1.165) is 5.56 Å². The summed E-state index contributed by atoms with van der Waals surface area (Å²) in [6, 6.07) is 14.3. The topological polar surface area (TPSA) is 75.6 Å². The van der Waals surface area contributed by atoms with Gasteiger partial charge in [0.25, 0.3) is 5.91 Å². The molecule has 0 bridgehead atoms. The van der Waals surface area contributed by atoms with Gasteiger partial charge in [-0.2, -0.15) is 0 Å². The first kappa shape index (κ1) is 17.5. The highest BCUT2D eigenvalue weighted by Gasteiger charge is 2.23. The van der Waals surface area contributed by atoms with Crippen LogP contribution in [0.4, 0.5) is 0 Å². The van der Waals surface area contributed by atoms with Crippen LogP contribution in [0.15, 0.2) is 48.5 Å². The number of nitrogens with one attached hydrogen (secondary N) is 1. The van der Waals surface area contributed by atoms with Crippen molar-refractivity contribution in [1.29, 1.82) is 0 Å². The summed E-state index contributed by atoms with van der Waals surface area (Å²) >= 11 is 0. The molecule has 5 nitrogen and oxygen atoms in total. The molecular formula is C19H21NO4. The SMILES string of the molecule is CCC(OC(=O)c1cccc(C)c1O)C(=O)NCc1ccccc1. The first-order valence-electron chi connectivity index (χ1n) is 7.84. The molecule has 0 radical (unpaired) electrons. The average Bonchev–Trinajstić information content (AvgIpc) is 2.60. The normalized spacial score (nSPS) is 11.6. The molecule has 0 saturated heterocycles. The number of amides is 1. The Morgan fingerprint density at radius 3 is 2.50 bits per heavy atom. The van der Waals surface area contributed by atoms with Gasteiger partial charge >= 0.3 is 5.97 Å². The Morgan fingerprint density at radius 1 is 1.12 bits per heavy atom. The molecule has 0 saturated carbocycles. The first-order valence-corrected chi connectivity index (χ1v) is 7.84. The molecule has 0 fully saturated rings. The van der Waals surface area contributed by atoms with E-state index in [1.807, 2.05) is 30.3 Å². The third-order valence-corrected chi connectivity index (χ3v) is 3.68. The van der Waals surface area contributed by atoms with Crippen molar-refractivity contribution in [3.8, 4) is 5.75 Å². The van der Waals surface area contributed by atoms with Crippen LogP contribution in [-0.4, -0.2) is 23.1 Å². The molecule has 0 aliphatic rings. The Kier molecular flexibility index (Phi) is 5.95. The van der Waals surface area contributed by atoms with E-state index in [1.54, 1.807) is 26.0 Å². The van der Waals surface area contributed by atoms with Crippen LogP contribution < -0.4 is 5.32 Å². The summed E-state index contributed by atoms with van der Waals surface area (Å²) in [7, 11) is 0. The minimum Gasteiger partial charge on any atom is -0.507 e. The summed E-state index contributed by atoms with van der Waals surface area (Å²) in [5.74, 6) is -1.19. The summed E-state index contributed by atoms with van der Waals surface area (Å²) in [6.07, 6.45) is -0.556. The van der Waals surface area contributed by atoms with Gasteiger partial charge in [0.2, 0.25) is 0 Å². The third kappa shape index (κ3) is 4.35. The zero-order chi connectivity index (χ0) is 17.5. The van der Waals surface area contributed by atoms with Gasteiger partial charge in [0, 0.05) is 6.54 Å². The van der Waals surface area contributed by atoms with Crippen LogP contribution in [0.25, 0.3) is 0 Å². The van der Waals surface area contributed by atoms with Crippen LogP contribution >= 0.6 is 0 Å². The second-order valence-electron chi connectivity index (χ2n) is 5.48. The van der Waals surface area contributed by atoms with Gasteiger partial charge in [0.15, 0.2) is 6.10 Å². The second-order valence-corrected chi connectivity index (χ2v) is 5.48. The van der Waals surface area contributed by atoms with Crippen molar-refractivity contribution in [3.05, 3.63) is 65.2 Å². The molecule has 2 aromatic carbocycles. The lowest BCUT2D eigenvalue weighted by molar-refractivity contribution is -0.130. The van der Waals surface area contributed by atoms with Gasteiger partial charge in [-0.3, -0.25) is 4.79 Å². The number of hydrogen-bond donors (Lipinski definition) is 2. The van der Waals surface area contributed by atoms with Crippen LogP contribution in [-0.2, 0) is 16.1 Å². The van der Waals surface area contributed by atoms with Gasteiger partial charge in [0.1, 0.15) is 11.3 Å². The predicted octanol–water partition coefficient (Wildman–Crippen LogP) is 2.95. The molecule has 2 rings (SSSR count). The number of phenolic OH excluding ortho intramolecular Hbond substituents is 1. The molecular weight excluding hydrogens is 306 g/mol. The van der Waals surface area contributed by atoms with E-state index in [-0.39, 0.29) is 17.2 Å². The number of aromatic hydroxyl groups is 1. The largest absolute Gasteiger partial charge is 0.507 e. The summed E-state index contributed by atoms with van der Waals surface area (Å²) in [4.78, 5) is 24.4. The molecule has 2 N–H and O–H groups in total. The number of carbonyl (C=O) groups is 2. The van der Waals surface area contributed by atoms with E-state index in [2.05, 4.69) is 5.32 Å². The number of phenols is 1. The van der Waals surface area contributed by atoms with Crippen molar-refractivity contribution in [2.45, 2.75) is 32.9 Å². The molecule has 24 heavy (non-hydrogen) atoms. The molecule has 0 heterocycles. The van der Waals surface area contributed by atoms with Crippen LogP contribution in [0.5, 0.6) is 5.75 Å². The molecule has 5 heteroatoms. The van der Waals surface area contributed by atoms with Gasteiger partial charge in [0.05, 0.1) is 0 Å². The maximum atomic E-state index is 12.2. The molecule has 2 aromatic rings. The Labute approximate surface area is 141 Å². The molecule has 0 spiro atoms. The lowest BCUT2D eigenvalue weighted by Gasteiger charge is -2.17. The van der Waals surface area contributed by atoms with Crippen molar-refractivity contribution in [1.82, 2.24) is 5.32 Å². The van der Waals surface area contributed by atoms with Crippen molar-refractivity contribution < 1.29 is 19.4 Å². The fourth-order valence-corrected chi connectivity index (χ4v) is 2.24. The van der Waals surface area contributed by atoms with Crippen LogP contribution in [0, 0.1) is 6.92 Å². The third-order valence-electron chi connectivity index (χ3n) is 3.68. The fourth-order valence-electron chi connectivity index (χ4n) is 2.24.